The number of fused-ring (bicyclic) bond motifs is 1. The smallest absolute Gasteiger partial charge is 0.255 e. The molecule has 2 N–H and O–H groups in total. The lowest BCUT2D eigenvalue weighted by Gasteiger charge is -2.32. The Bertz CT molecular complexity index is 1110. The summed E-state index contributed by atoms with van der Waals surface area (Å²) in [4.78, 5) is 31.7. The van der Waals surface area contributed by atoms with E-state index in [0.29, 0.717) is 24.9 Å². The van der Waals surface area contributed by atoms with E-state index < -0.39 is 6.04 Å². The maximum Gasteiger partial charge on any atom is 0.255 e. The molecule has 3 heterocycles. The van der Waals surface area contributed by atoms with Gasteiger partial charge in [0.15, 0.2) is 0 Å². The molecule has 1 aromatic carbocycles. The molecule has 3 aliphatic rings. The van der Waals surface area contributed by atoms with Crippen LogP contribution < -0.4 is 15.4 Å². The Labute approximate surface area is 200 Å². The van der Waals surface area contributed by atoms with E-state index in [1.165, 1.54) is 6.42 Å². The van der Waals surface area contributed by atoms with E-state index in [-0.39, 0.29) is 24.0 Å². The van der Waals surface area contributed by atoms with Gasteiger partial charge in [-0.3, -0.25) is 14.6 Å². The van der Waals surface area contributed by atoms with Gasteiger partial charge in [0, 0.05) is 36.1 Å². The van der Waals surface area contributed by atoms with E-state index in [4.69, 9.17) is 4.74 Å². The summed E-state index contributed by atoms with van der Waals surface area (Å²) < 4.78 is 6.45. The van der Waals surface area contributed by atoms with Gasteiger partial charge in [-0.1, -0.05) is 19.1 Å². The first kappa shape index (κ1) is 22.6. The fourth-order valence-corrected chi connectivity index (χ4v) is 5.28. The number of carbonyl (C=O) groups excluding carboxylic acids is 2. The second-order valence-corrected chi connectivity index (χ2v) is 9.60. The van der Waals surface area contributed by atoms with Crippen LogP contribution in [0.25, 0.3) is 0 Å². The lowest BCUT2D eigenvalue weighted by Crippen LogP contribution is -2.49. The number of benzene rings is 1. The van der Waals surface area contributed by atoms with Crippen LogP contribution in [0.2, 0.25) is 0 Å². The largest absolute Gasteiger partial charge is 0.489 e. The summed E-state index contributed by atoms with van der Waals surface area (Å²) in [5.41, 5.74) is 4.36. The topological polar surface area (TPSA) is 83.6 Å². The van der Waals surface area contributed by atoms with Crippen molar-refractivity contribution >= 4 is 11.8 Å². The molecule has 178 valence electrons. The lowest BCUT2D eigenvalue weighted by atomic mass is 9.92. The summed E-state index contributed by atoms with van der Waals surface area (Å²) in [6, 6.07) is 11.6. The van der Waals surface area contributed by atoms with Crippen molar-refractivity contribution in [3.8, 4) is 5.75 Å². The Hall–Kier alpha value is -3.19. The molecule has 1 saturated carbocycles. The van der Waals surface area contributed by atoms with Crippen molar-refractivity contribution in [1.82, 2.24) is 20.5 Å². The number of piperidine rings is 1. The van der Waals surface area contributed by atoms with Gasteiger partial charge in [0.25, 0.3) is 5.91 Å². The molecule has 7 heteroatoms. The van der Waals surface area contributed by atoms with Gasteiger partial charge >= 0.3 is 0 Å². The second-order valence-electron chi connectivity index (χ2n) is 9.60. The first-order chi connectivity index (χ1) is 16.5. The van der Waals surface area contributed by atoms with Crippen LogP contribution in [-0.2, 0) is 17.9 Å². The molecule has 5 rings (SSSR count). The minimum absolute atomic E-state index is 0.0694. The van der Waals surface area contributed by atoms with Crippen LogP contribution in [-0.4, -0.2) is 39.9 Å². The summed E-state index contributed by atoms with van der Waals surface area (Å²) in [6.07, 6.45) is 5.76. The third-order valence-corrected chi connectivity index (χ3v) is 7.09. The van der Waals surface area contributed by atoms with Gasteiger partial charge in [0.2, 0.25) is 5.91 Å². The Morgan fingerprint density at radius 3 is 2.85 bits per heavy atom. The number of aryl methyl sites for hydroxylation is 1. The molecule has 2 aromatic rings. The number of hydrogen-bond acceptors (Lipinski definition) is 5. The number of allylic oxidation sites excluding steroid dienone is 1. The predicted octanol–water partition coefficient (Wildman–Crippen LogP) is 3.62. The SMILES string of the molecule is C=C1CCC(N2Cc3cc(O[C@@H]4CCCC[C@@H]4NCc4cccc(C)n4)ccc3C2=O)C(=O)N1. The van der Waals surface area contributed by atoms with Crippen LogP contribution in [0, 0.1) is 6.92 Å². The van der Waals surface area contributed by atoms with Crippen molar-refractivity contribution < 1.29 is 14.3 Å². The highest BCUT2D eigenvalue weighted by molar-refractivity contribution is 6.01. The second kappa shape index (κ2) is 9.58. The molecule has 2 amide bonds. The maximum absolute atomic E-state index is 13.0. The number of hydrogen-bond donors (Lipinski definition) is 2. The van der Waals surface area contributed by atoms with Crippen LogP contribution in [0.5, 0.6) is 5.75 Å². The molecule has 0 bridgehead atoms. The van der Waals surface area contributed by atoms with Crippen molar-refractivity contribution in [2.24, 2.45) is 0 Å². The third kappa shape index (κ3) is 4.71. The number of pyridine rings is 1. The van der Waals surface area contributed by atoms with E-state index in [1.807, 2.05) is 43.3 Å². The van der Waals surface area contributed by atoms with E-state index >= 15 is 0 Å². The molecule has 2 fully saturated rings. The number of ether oxygens (including phenoxy) is 1. The van der Waals surface area contributed by atoms with Crippen LogP contribution in [0.3, 0.4) is 0 Å². The molecule has 0 radical (unpaired) electrons. The highest BCUT2D eigenvalue weighted by Gasteiger charge is 2.38. The van der Waals surface area contributed by atoms with Gasteiger partial charge < -0.3 is 20.3 Å². The zero-order valence-electron chi connectivity index (χ0n) is 19.7. The first-order valence-corrected chi connectivity index (χ1v) is 12.2. The van der Waals surface area contributed by atoms with Gasteiger partial charge in [-0.15, -0.1) is 0 Å². The minimum atomic E-state index is -0.447. The molecule has 3 atom stereocenters. The Kier molecular flexibility index (Phi) is 6.37. The standard InChI is InChI=1S/C27H32N4O3/c1-17-6-5-7-20(29-17)15-28-23-8-3-4-9-25(23)34-21-11-12-22-19(14-21)16-31(27(22)33)24-13-10-18(2)30-26(24)32/h5-7,11-12,14,23-25,28H,2-4,8-10,13,15-16H2,1H3,(H,30,32)/t23-,24?,25+/m0/s1. The normalized spacial score (nSPS) is 24.7. The molecule has 1 saturated heterocycles. The number of carbonyl (C=O) groups is 2. The van der Waals surface area contributed by atoms with Crippen molar-refractivity contribution in [3.63, 3.8) is 0 Å². The quantitative estimate of drug-likeness (QED) is 0.688. The van der Waals surface area contributed by atoms with Crippen LogP contribution in [0.15, 0.2) is 48.7 Å². The van der Waals surface area contributed by atoms with Crippen molar-refractivity contribution in [1.29, 1.82) is 0 Å². The van der Waals surface area contributed by atoms with Crippen molar-refractivity contribution in [3.05, 3.63) is 71.2 Å². The Morgan fingerprint density at radius 2 is 2.03 bits per heavy atom. The molecule has 7 nitrogen and oxygen atoms in total. The van der Waals surface area contributed by atoms with Gasteiger partial charge in [-0.25, -0.2) is 0 Å². The summed E-state index contributed by atoms with van der Waals surface area (Å²) in [7, 11) is 0. The predicted molar refractivity (Wildman–Crippen MR) is 129 cm³/mol. The zero-order valence-corrected chi connectivity index (χ0v) is 19.7. The van der Waals surface area contributed by atoms with Crippen LogP contribution in [0.4, 0.5) is 0 Å². The molecule has 34 heavy (non-hydrogen) atoms. The summed E-state index contributed by atoms with van der Waals surface area (Å²) in [5.74, 6) is 0.549. The average Bonchev–Trinajstić information content (AvgIpc) is 3.14. The lowest BCUT2D eigenvalue weighted by molar-refractivity contribution is -0.126. The minimum Gasteiger partial charge on any atom is -0.489 e. The van der Waals surface area contributed by atoms with Crippen molar-refractivity contribution in [2.75, 3.05) is 0 Å². The molecule has 1 unspecified atom stereocenters. The fourth-order valence-electron chi connectivity index (χ4n) is 5.28. The van der Waals surface area contributed by atoms with Crippen LogP contribution in [0.1, 0.15) is 65.8 Å². The van der Waals surface area contributed by atoms with Gasteiger partial charge in [0.1, 0.15) is 17.9 Å². The van der Waals surface area contributed by atoms with Gasteiger partial charge in [-0.2, -0.15) is 0 Å². The van der Waals surface area contributed by atoms with E-state index in [1.54, 1.807) is 4.90 Å². The van der Waals surface area contributed by atoms with Crippen molar-refractivity contribution in [2.45, 2.75) is 76.7 Å². The summed E-state index contributed by atoms with van der Waals surface area (Å²) in [5, 5.41) is 6.44. The first-order valence-electron chi connectivity index (χ1n) is 12.2. The van der Waals surface area contributed by atoms with Gasteiger partial charge in [0.05, 0.1) is 5.69 Å². The molecular weight excluding hydrogens is 428 g/mol. The number of nitrogens with one attached hydrogen (secondary N) is 2. The monoisotopic (exact) mass is 460 g/mol. The van der Waals surface area contributed by atoms with Crippen LogP contribution >= 0.6 is 0 Å². The molecule has 1 aromatic heterocycles. The van der Waals surface area contributed by atoms with E-state index in [0.717, 1.165) is 54.2 Å². The number of rotatable bonds is 6. The summed E-state index contributed by atoms with van der Waals surface area (Å²) >= 11 is 0. The average molecular weight is 461 g/mol. The highest BCUT2D eigenvalue weighted by atomic mass is 16.5. The molecule has 2 aliphatic heterocycles. The van der Waals surface area contributed by atoms with Gasteiger partial charge in [-0.05, 0) is 74.9 Å². The molecular formula is C27H32N4O3. The van der Waals surface area contributed by atoms with E-state index in [2.05, 4.69) is 22.2 Å². The molecule has 0 spiro atoms. The Morgan fingerprint density at radius 1 is 1.18 bits per heavy atom. The van der Waals surface area contributed by atoms with E-state index in [9.17, 15) is 9.59 Å². The fraction of sp³-hybridized carbons (Fsp3) is 0.444. The number of nitrogens with zero attached hydrogens (tertiary/aromatic N) is 2. The summed E-state index contributed by atoms with van der Waals surface area (Å²) in [6.45, 7) is 6.99. The maximum atomic E-state index is 13.0. The molecule has 1 aliphatic carbocycles. The zero-order chi connectivity index (χ0) is 23.7. The highest BCUT2D eigenvalue weighted by Crippen LogP contribution is 2.32. The Balaban J connectivity index is 1.25. The number of aromatic nitrogens is 1. The number of amides is 2. The third-order valence-electron chi connectivity index (χ3n) is 7.09.